The van der Waals surface area contributed by atoms with E-state index in [0.717, 1.165) is 21.5 Å². The van der Waals surface area contributed by atoms with Crippen molar-refractivity contribution >= 4 is 33.2 Å². The summed E-state index contributed by atoms with van der Waals surface area (Å²) >= 11 is 9.44. The number of aromatic nitrogens is 2. The molecule has 0 saturated carbocycles. The lowest BCUT2D eigenvalue weighted by molar-refractivity contribution is 0.835. The van der Waals surface area contributed by atoms with Crippen LogP contribution in [0.2, 0.25) is 5.02 Å². The molecule has 0 radical (unpaired) electrons. The van der Waals surface area contributed by atoms with E-state index in [9.17, 15) is 0 Å². The maximum absolute atomic E-state index is 5.96. The summed E-state index contributed by atoms with van der Waals surface area (Å²) in [6, 6.07) is 5.35. The lowest BCUT2D eigenvalue weighted by atomic mass is 10.2. The molecule has 84 valence electrons. The number of nitrogen functional groups attached to an aromatic ring is 1. The van der Waals surface area contributed by atoms with Gasteiger partial charge in [0.2, 0.25) is 0 Å². The van der Waals surface area contributed by atoms with Gasteiger partial charge in [0.25, 0.3) is 0 Å². The van der Waals surface area contributed by atoms with E-state index in [1.807, 2.05) is 19.9 Å². The van der Waals surface area contributed by atoms with Crippen molar-refractivity contribution in [1.82, 2.24) is 9.78 Å². The predicted molar refractivity (Wildman–Crippen MR) is 70.2 cm³/mol. The summed E-state index contributed by atoms with van der Waals surface area (Å²) in [7, 11) is 0. The van der Waals surface area contributed by atoms with Crippen molar-refractivity contribution in [2.45, 2.75) is 13.8 Å². The topological polar surface area (TPSA) is 43.8 Å². The van der Waals surface area contributed by atoms with Crippen LogP contribution < -0.4 is 5.73 Å². The molecule has 0 aliphatic rings. The van der Waals surface area contributed by atoms with E-state index in [4.69, 9.17) is 17.3 Å². The van der Waals surface area contributed by atoms with Crippen LogP contribution in [-0.4, -0.2) is 9.78 Å². The van der Waals surface area contributed by atoms with Gasteiger partial charge in [-0.1, -0.05) is 11.6 Å². The zero-order valence-corrected chi connectivity index (χ0v) is 11.3. The van der Waals surface area contributed by atoms with Gasteiger partial charge in [-0.2, -0.15) is 5.10 Å². The molecule has 5 heteroatoms. The molecule has 0 aliphatic heterocycles. The van der Waals surface area contributed by atoms with E-state index in [2.05, 4.69) is 21.0 Å². The van der Waals surface area contributed by atoms with E-state index in [-0.39, 0.29) is 0 Å². The molecule has 0 spiro atoms. The fraction of sp³-hybridized carbons (Fsp3) is 0.182. The Morgan fingerprint density at radius 1 is 1.38 bits per heavy atom. The van der Waals surface area contributed by atoms with Crippen LogP contribution >= 0.6 is 27.5 Å². The molecular weight excluding hydrogens is 289 g/mol. The average Bonchev–Trinajstić information content (AvgIpc) is 2.50. The Labute approximate surface area is 107 Å². The summed E-state index contributed by atoms with van der Waals surface area (Å²) in [5.41, 5.74) is 9.31. The largest absolute Gasteiger partial charge is 0.397 e. The van der Waals surface area contributed by atoms with Gasteiger partial charge in [-0.15, -0.1) is 0 Å². The third kappa shape index (κ3) is 1.83. The number of halogens is 2. The van der Waals surface area contributed by atoms with Gasteiger partial charge in [0.15, 0.2) is 0 Å². The van der Waals surface area contributed by atoms with Crippen molar-refractivity contribution in [1.29, 1.82) is 0 Å². The van der Waals surface area contributed by atoms with E-state index in [1.165, 1.54) is 0 Å². The second-order valence-electron chi connectivity index (χ2n) is 3.60. The first-order chi connectivity index (χ1) is 7.50. The lowest BCUT2D eigenvalue weighted by Crippen LogP contribution is -2.03. The average molecular weight is 301 g/mol. The molecule has 0 bridgehead atoms. The van der Waals surface area contributed by atoms with Crippen LogP contribution in [0.15, 0.2) is 22.7 Å². The van der Waals surface area contributed by atoms with Crippen LogP contribution in [0.5, 0.6) is 0 Å². The molecular formula is C11H11BrClN3. The van der Waals surface area contributed by atoms with Gasteiger partial charge in [-0.25, -0.2) is 4.68 Å². The molecule has 1 aromatic heterocycles. The fourth-order valence-corrected chi connectivity index (χ4v) is 1.97. The molecule has 1 heterocycles. The van der Waals surface area contributed by atoms with Gasteiger partial charge < -0.3 is 5.73 Å². The van der Waals surface area contributed by atoms with Crippen LogP contribution in [0.25, 0.3) is 5.69 Å². The number of nitrogens with zero attached hydrogens (tertiary/aromatic N) is 2. The number of hydrogen-bond acceptors (Lipinski definition) is 2. The van der Waals surface area contributed by atoms with Crippen LogP contribution in [0, 0.1) is 13.8 Å². The molecule has 16 heavy (non-hydrogen) atoms. The monoisotopic (exact) mass is 299 g/mol. The summed E-state index contributed by atoms with van der Waals surface area (Å²) in [6.07, 6.45) is 0. The van der Waals surface area contributed by atoms with Crippen molar-refractivity contribution in [2.24, 2.45) is 0 Å². The van der Waals surface area contributed by atoms with Crippen molar-refractivity contribution in [3.8, 4) is 5.69 Å². The summed E-state index contributed by atoms with van der Waals surface area (Å²) in [6.45, 7) is 3.92. The lowest BCUT2D eigenvalue weighted by Gasteiger charge is -2.08. The zero-order valence-electron chi connectivity index (χ0n) is 8.96. The molecule has 1 aromatic carbocycles. The summed E-state index contributed by atoms with van der Waals surface area (Å²) in [5, 5.41) is 5.06. The Hall–Kier alpha value is -1.00. The maximum Gasteiger partial charge on any atom is 0.0893 e. The summed E-state index contributed by atoms with van der Waals surface area (Å²) in [5.74, 6) is 0. The number of benzene rings is 1. The Balaban J connectivity index is 2.67. The van der Waals surface area contributed by atoms with Crippen molar-refractivity contribution in [3.05, 3.63) is 39.1 Å². The number of nitrogens with two attached hydrogens (primary N) is 1. The minimum Gasteiger partial charge on any atom is -0.397 e. The number of hydrogen-bond donors (Lipinski definition) is 1. The Bertz CT molecular complexity index is 548. The highest BCUT2D eigenvalue weighted by Crippen LogP contribution is 2.27. The molecule has 2 N–H and O–H groups in total. The molecule has 0 fully saturated rings. The van der Waals surface area contributed by atoms with Crippen LogP contribution in [-0.2, 0) is 0 Å². The molecule has 0 atom stereocenters. The quantitative estimate of drug-likeness (QED) is 0.819. The number of anilines is 1. The third-order valence-corrected chi connectivity index (χ3v) is 3.81. The van der Waals surface area contributed by atoms with E-state index < -0.39 is 0 Å². The van der Waals surface area contributed by atoms with Crippen molar-refractivity contribution in [2.75, 3.05) is 5.73 Å². The van der Waals surface area contributed by atoms with E-state index in [0.29, 0.717) is 10.7 Å². The number of rotatable bonds is 1. The van der Waals surface area contributed by atoms with E-state index >= 15 is 0 Å². The molecule has 0 saturated heterocycles. The molecule has 0 aliphatic carbocycles. The highest BCUT2D eigenvalue weighted by Gasteiger charge is 2.12. The molecule has 2 aromatic rings. The molecule has 0 amide bonds. The standard InChI is InChI=1S/C11H11BrClN3/c1-6-11(12)7(2)16(15-6)10-5-8(13)3-4-9(10)14/h3-5H,14H2,1-2H3. The van der Waals surface area contributed by atoms with Crippen LogP contribution in [0.4, 0.5) is 5.69 Å². The highest BCUT2D eigenvalue weighted by molar-refractivity contribution is 9.10. The molecule has 2 rings (SSSR count). The van der Waals surface area contributed by atoms with Gasteiger partial charge in [0.1, 0.15) is 0 Å². The fourth-order valence-electron chi connectivity index (χ4n) is 1.56. The van der Waals surface area contributed by atoms with Crippen LogP contribution in [0.3, 0.4) is 0 Å². The van der Waals surface area contributed by atoms with Gasteiger partial charge >= 0.3 is 0 Å². The Kier molecular flexibility index (Phi) is 2.95. The summed E-state index contributed by atoms with van der Waals surface area (Å²) < 4.78 is 2.78. The SMILES string of the molecule is Cc1nn(-c2cc(Cl)ccc2N)c(C)c1Br. The first-order valence-corrected chi connectivity index (χ1v) is 5.95. The van der Waals surface area contributed by atoms with Gasteiger partial charge in [-0.3, -0.25) is 0 Å². The highest BCUT2D eigenvalue weighted by atomic mass is 79.9. The second kappa shape index (κ2) is 4.11. The van der Waals surface area contributed by atoms with Gasteiger partial charge in [0.05, 0.1) is 27.2 Å². The van der Waals surface area contributed by atoms with Gasteiger partial charge in [-0.05, 0) is 48.0 Å². The molecule has 3 nitrogen and oxygen atoms in total. The third-order valence-electron chi connectivity index (χ3n) is 2.42. The Morgan fingerprint density at radius 2 is 2.06 bits per heavy atom. The minimum absolute atomic E-state index is 0.646. The van der Waals surface area contributed by atoms with Crippen molar-refractivity contribution < 1.29 is 0 Å². The number of aryl methyl sites for hydroxylation is 1. The predicted octanol–water partition coefficient (Wildman–Crippen LogP) is 3.49. The Morgan fingerprint density at radius 3 is 2.62 bits per heavy atom. The first-order valence-electron chi connectivity index (χ1n) is 4.78. The zero-order chi connectivity index (χ0) is 11.9. The maximum atomic E-state index is 5.96. The normalized spacial score (nSPS) is 10.8. The summed E-state index contributed by atoms with van der Waals surface area (Å²) in [4.78, 5) is 0. The van der Waals surface area contributed by atoms with Gasteiger partial charge in [0, 0.05) is 5.02 Å². The second-order valence-corrected chi connectivity index (χ2v) is 4.83. The first kappa shape index (κ1) is 11.5. The van der Waals surface area contributed by atoms with E-state index in [1.54, 1.807) is 16.8 Å². The molecule has 0 unspecified atom stereocenters. The minimum atomic E-state index is 0.646. The smallest absolute Gasteiger partial charge is 0.0893 e. The van der Waals surface area contributed by atoms with Crippen molar-refractivity contribution in [3.63, 3.8) is 0 Å². The van der Waals surface area contributed by atoms with Crippen LogP contribution in [0.1, 0.15) is 11.4 Å².